The first-order chi connectivity index (χ1) is 11.3. The molecule has 0 radical (unpaired) electrons. The molecular formula is C17H24F3N3O. The molecule has 24 heavy (non-hydrogen) atoms. The fourth-order valence-corrected chi connectivity index (χ4v) is 3.09. The predicted molar refractivity (Wildman–Crippen MR) is 87.3 cm³/mol. The van der Waals surface area contributed by atoms with E-state index >= 15 is 0 Å². The third-order valence-electron chi connectivity index (χ3n) is 4.28. The molecule has 134 valence electrons. The van der Waals surface area contributed by atoms with Crippen LogP contribution in [0.5, 0.6) is 0 Å². The Kier molecular flexibility index (Phi) is 6.23. The van der Waals surface area contributed by atoms with Crippen molar-refractivity contribution in [1.82, 2.24) is 10.2 Å². The standard InChI is InChI=1S/C17H24F3N3O/c1-3-8-23(11-17(2)6-7-21-10-17)9-14(24)22-13-5-4-12(18)15(19)16(13)20/h4-5,21H,3,6-11H2,1-2H3,(H,22,24). The van der Waals surface area contributed by atoms with E-state index in [4.69, 9.17) is 0 Å². The van der Waals surface area contributed by atoms with Crippen molar-refractivity contribution in [3.8, 4) is 0 Å². The summed E-state index contributed by atoms with van der Waals surface area (Å²) in [5.74, 6) is -4.68. The minimum absolute atomic E-state index is 0.0852. The average Bonchev–Trinajstić information content (AvgIpc) is 2.94. The summed E-state index contributed by atoms with van der Waals surface area (Å²) in [5.41, 5.74) is -0.244. The number of hydrogen-bond donors (Lipinski definition) is 2. The van der Waals surface area contributed by atoms with Crippen LogP contribution in [0.25, 0.3) is 0 Å². The lowest BCUT2D eigenvalue weighted by Crippen LogP contribution is -2.42. The van der Waals surface area contributed by atoms with Crippen LogP contribution in [0.15, 0.2) is 12.1 Å². The molecule has 0 saturated carbocycles. The number of nitrogens with one attached hydrogen (secondary N) is 2. The number of anilines is 1. The summed E-state index contributed by atoms with van der Waals surface area (Å²) < 4.78 is 39.8. The van der Waals surface area contributed by atoms with Crippen LogP contribution >= 0.6 is 0 Å². The topological polar surface area (TPSA) is 44.4 Å². The van der Waals surface area contributed by atoms with Crippen LogP contribution in [0.2, 0.25) is 0 Å². The molecule has 0 spiro atoms. The molecule has 2 N–H and O–H groups in total. The van der Waals surface area contributed by atoms with Gasteiger partial charge >= 0.3 is 0 Å². The summed E-state index contributed by atoms with van der Waals surface area (Å²) in [4.78, 5) is 14.2. The zero-order valence-corrected chi connectivity index (χ0v) is 14.1. The highest BCUT2D eigenvalue weighted by molar-refractivity contribution is 5.92. The van der Waals surface area contributed by atoms with E-state index in [0.717, 1.165) is 51.2 Å². The summed E-state index contributed by atoms with van der Waals surface area (Å²) in [6.45, 7) is 7.62. The van der Waals surface area contributed by atoms with Crippen LogP contribution in [-0.2, 0) is 4.79 Å². The smallest absolute Gasteiger partial charge is 0.238 e. The molecule has 1 aliphatic rings. The van der Waals surface area contributed by atoms with Crippen LogP contribution in [-0.4, -0.2) is 43.5 Å². The molecule has 1 saturated heterocycles. The first-order valence-corrected chi connectivity index (χ1v) is 8.21. The van der Waals surface area contributed by atoms with Crippen molar-refractivity contribution in [1.29, 1.82) is 0 Å². The molecule has 0 bridgehead atoms. The molecule has 1 aromatic rings. The second-order valence-electron chi connectivity index (χ2n) is 6.72. The Morgan fingerprint density at radius 1 is 1.33 bits per heavy atom. The fraction of sp³-hybridized carbons (Fsp3) is 0.588. The number of hydrogen-bond acceptors (Lipinski definition) is 3. The van der Waals surface area contributed by atoms with Crippen molar-refractivity contribution in [3.05, 3.63) is 29.6 Å². The van der Waals surface area contributed by atoms with Gasteiger partial charge in [-0.3, -0.25) is 9.69 Å². The van der Waals surface area contributed by atoms with Crippen LogP contribution < -0.4 is 10.6 Å². The molecule has 2 rings (SSSR count). The Morgan fingerprint density at radius 3 is 2.71 bits per heavy atom. The van der Waals surface area contributed by atoms with Gasteiger partial charge in [0.15, 0.2) is 17.5 Å². The van der Waals surface area contributed by atoms with Crippen molar-refractivity contribution >= 4 is 11.6 Å². The van der Waals surface area contributed by atoms with E-state index in [9.17, 15) is 18.0 Å². The SMILES string of the molecule is CCCN(CC(=O)Nc1ccc(F)c(F)c1F)CC1(C)CCNC1. The molecule has 1 aliphatic heterocycles. The number of rotatable bonds is 7. The van der Waals surface area contributed by atoms with Gasteiger partial charge in [-0.15, -0.1) is 0 Å². The fourth-order valence-electron chi connectivity index (χ4n) is 3.09. The van der Waals surface area contributed by atoms with Gasteiger partial charge in [0.25, 0.3) is 0 Å². The number of nitrogens with zero attached hydrogens (tertiary/aromatic N) is 1. The molecule has 1 aromatic carbocycles. The van der Waals surface area contributed by atoms with E-state index in [1.54, 1.807) is 0 Å². The highest BCUT2D eigenvalue weighted by atomic mass is 19.2. The van der Waals surface area contributed by atoms with E-state index in [1.807, 2.05) is 11.8 Å². The Balaban J connectivity index is 1.99. The van der Waals surface area contributed by atoms with E-state index < -0.39 is 23.4 Å². The number of amides is 1. The summed E-state index contributed by atoms with van der Waals surface area (Å²) in [6.07, 6.45) is 1.92. The maximum Gasteiger partial charge on any atom is 0.238 e. The van der Waals surface area contributed by atoms with Gasteiger partial charge in [0.05, 0.1) is 12.2 Å². The zero-order valence-electron chi connectivity index (χ0n) is 14.1. The lowest BCUT2D eigenvalue weighted by Gasteiger charge is -2.31. The minimum atomic E-state index is -1.58. The Hall–Kier alpha value is -1.60. The summed E-state index contributed by atoms with van der Waals surface area (Å²) in [5, 5.41) is 5.65. The third kappa shape index (κ3) is 4.70. The van der Waals surface area contributed by atoms with E-state index in [1.165, 1.54) is 0 Å². The molecule has 1 heterocycles. The number of halogens is 3. The molecular weight excluding hydrogens is 319 g/mol. The van der Waals surface area contributed by atoms with Gasteiger partial charge in [-0.1, -0.05) is 13.8 Å². The number of benzene rings is 1. The van der Waals surface area contributed by atoms with Crippen molar-refractivity contribution in [3.63, 3.8) is 0 Å². The first-order valence-electron chi connectivity index (χ1n) is 8.21. The van der Waals surface area contributed by atoms with Gasteiger partial charge < -0.3 is 10.6 Å². The molecule has 0 aliphatic carbocycles. The van der Waals surface area contributed by atoms with Crippen LogP contribution in [0.1, 0.15) is 26.7 Å². The van der Waals surface area contributed by atoms with E-state index in [-0.39, 0.29) is 17.6 Å². The zero-order chi connectivity index (χ0) is 17.7. The highest BCUT2D eigenvalue weighted by Gasteiger charge is 2.31. The van der Waals surface area contributed by atoms with Crippen LogP contribution in [0.3, 0.4) is 0 Å². The lowest BCUT2D eigenvalue weighted by atomic mass is 9.89. The lowest BCUT2D eigenvalue weighted by molar-refractivity contribution is -0.117. The van der Waals surface area contributed by atoms with Crippen molar-refractivity contribution < 1.29 is 18.0 Å². The van der Waals surface area contributed by atoms with Gasteiger partial charge in [-0.2, -0.15) is 0 Å². The minimum Gasteiger partial charge on any atom is -0.322 e. The largest absolute Gasteiger partial charge is 0.322 e. The predicted octanol–water partition coefficient (Wildman–Crippen LogP) is 2.75. The quantitative estimate of drug-likeness (QED) is 0.749. The monoisotopic (exact) mass is 343 g/mol. The molecule has 1 fully saturated rings. The van der Waals surface area contributed by atoms with Gasteiger partial charge in [0.2, 0.25) is 5.91 Å². The van der Waals surface area contributed by atoms with Crippen LogP contribution in [0, 0.1) is 22.9 Å². The Labute approximate surface area is 140 Å². The molecule has 0 aromatic heterocycles. The highest BCUT2D eigenvalue weighted by Crippen LogP contribution is 2.26. The van der Waals surface area contributed by atoms with Crippen molar-refractivity contribution in [2.24, 2.45) is 5.41 Å². The molecule has 7 heteroatoms. The number of carbonyl (C=O) groups is 1. The third-order valence-corrected chi connectivity index (χ3v) is 4.28. The normalized spacial score (nSPS) is 20.6. The Bertz CT molecular complexity index is 589. The van der Waals surface area contributed by atoms with Gasteiger partial charge in [0.1, 0.15) is 0 Å². The maximum absolute atomic E-state index is 13.6. The van der Waals surface area contributed by atoms with Gasteiger partial charge in [0, 0.05) is 13.1 Å². The molecule has 1 unspecified atom stereocenters. The second kappa shape index (κ2) is 7.98. The van der Waals surface area contributed by atoms with Crippen LogP contribution in [0.4, 0.5) is 18.9 Å². The average molecular weight is 343 g/mol. The molecule has 1 atom stereocenters. The van der Waals surface area contributed by atoms with E-state index in [2.05, 4.69) is 17.6 Å². The van der Waals surface area contributed by atoms with Crippen molar-refractivity contribution in [2.45, 2.75) is 26.7 Å². The number of carbonyl (C=O) groups excluding carboxylic acids is 1. The van der Waals surface area contributed by atoms with E-state index in [0.29, 0.717) is 0 Å². The summed E-state index contributed by atoms with van der Waals surface area (Å²) >= 11 is 0. The Morgan fingerprint density at radius 2 is 2.08 bits per heavy atom. The second-order valence-corrected chi connectivity index (χ2v) is 6.72. The first kappa shape index (κ1) is 18.7. The van der Waals surface area contributed by atoms with Gasteiger partial charge in [-0.25, -0.2) is 13.2 Å². The van der Waals surface area contributed by atoms with Gasteiger partial charge in [-0.05, 0) is 43.5 Å². The molecule has 1 amide bonds. The summed E-state index contributed by atoms with van der Waals surface area (Å²) in [6, 6.07) is 1.82. The molecule has 4 nitrogen and oxygen atoms in total. The van der Waals surface area contributed by atoms with Crippen molar-refractivity contribution in [2.75, 3.05) is 38.0 Å². The maximum atomic E-state index is 13.6. The summed E-state index contributed by atoms with van der Waals surface area (Å²) in [7, 11) is 0.